The summed E-state index contributed by atoms with van der Waals surface area (Å²) in [6, 6.07) is 5.52. The fraction of sp³-hybridized carbons (Fsp3) is 0.381. The highest BCUT2D eigenvalue weighted by Gasteiger charge is 2.31. The molecule has 4 rings (SSSR count). The topological polar surface area (TPSA) is 66.8 Å². The third-order valence-corrected chi connectivity index (χ3v) is 6.98. The van der Waals surface area contributed by atoms with Gasteiger partial charge in [0.1, 0.15) is 10.8 Å². The Balaban J connectivity index is 1.38. The zero-order valence-electron chi connectivity index (χ0n) is 17.2. The SMILES string of the molecule is CN1CCC(CN=C2NC(=O)/C(=C/c3csc(-c4ccc(OC(F)(F)F)cc4)n3)S2)CC1. The molecule has 32 heavy (non-hydrogen) atoms. The van der Waals surface area contributed by atoms with Gasteiger partial charge < -0.3 is 15.0 Å². The number of rotatable bonds is 5. The maximum absolute atomic E-state index is 12.3. The van der Waals surface area contributed by atoms with Crippen LogP contribution in [0, 0.1) is 5.92 Å². The van der Waals surface area contributed by atoms with Crippen LogP contribution in [0.2, 0.25) is 0 Å². The number of halogens is 3. The van der Waals surface area contributed by atoms with E-state index >= 15 is 0 Å². The van der Waals surface area contributed by atoms with Crippen LogP contribution in [-0.2, 0) is 4.79 Å². The smallest absolute Gasteiger partial charge is 0.406 e. The van der Waals surface area contributed by atoms with Crippen LogP contribution < -0.4 is 10.1 Å². The largest absolute Gasteiger partial charge is 0.573 e. The minimum Gasteiger partial charge on any atom is -0.406 e. The molecule has 0 radical (unpaired) electrons. The van der Waals surface area contributed by atoms with Gasteiger partial charge in [-0.1, -0.05) is 0 Å². The quantitative estimate of drug-likeness (QED) is 0.631. The molecule has 0 bridgehead atoms. The lowest BCUT2D eigenvalue weighted by atomic mass is 9.97. The summed E-state index contributed by atoms with van der Waals surface area (Å²) in [7, 11) is 2.12. The number of likely N-dealkylation sites (tertiary alicyclic amines) is 1. The van der Waals surface area contributed by atoms with Gasteiger partial charge in [0.05, 0.1) is 10.6 Å². The number of hydrogen-bond acceptors (Lipinski definition) is 7. The van der Waals surface area contributed by atoms with Crippen LogP contribution in [0.15, 0.2) is 39.5 Å². The number of piperidine rings is 1. The summed E-state index contributed by atoms with van der Waals surface area (Å²) in [6.45, 7) is 2.85. The van der Waals surface area contributed by atoms with Crippen LogP contribution in [0.1, 0.15) is 18.5 Å². The average Bonchev–Trinajstić information content (AvgIpc) is 3.34. The number of carbonyl (C=O) groups excluding carboxylic acids is 1. The van der Waals surface area contributed by atoms with E-state index in [0.717, 1.165) is 25.9 Å². The van der Waals surface area contributed by atoms with Gasteiger partial charge in [-0.3, -0.25) is 9.79 Å². The van der Waals surface area contributed by atoms with Crippen molar-refractivity contribution in [3.63, 3.8) is 0 Å². The maximum atomic E-state index is 12.3. The molecule has 11 heteroatoms. The Kier molecular flexibility index (Phi) is 6.87. The molecule has 0 spiro atoms. The highest BCUT2D eigenvalue weighted by atomic mass is 32.2. The number of aliphatic imine (C=N–C) groups is 1. The van der Waals surface area contributed by atoms with Crippen LogP contribution in [0.25, 0.3) is 16.6 Å². The summed E-state index contributed by atoms with van der Waals surface area (Å²) in [5.41, 5.74) is 1.27. The monoisotopic (exact) mass is 482 g/mol. The van der Waals surface area contributed by atoms with Gasteiger partial charge in [0.25, 0.3) is 5.91 Å². The predicted molar refractivity (Wildman–Crippen MR) is 120 cm³/mol. The first-order valence-electron chi connectivity index (χ1n) is 10.0. The number of ether oxygens (including phenoxy) is 1. The van der Waals surface area contributed by atoms with E-state index in [1.54, 1.807) is 11.5 Å². The molecule has 2 aliphatic rings. The molecule has 1 aromatic heterocycles. The van der Waals surface area contributed by atoms with E-state index in [1.807, 2.05) is 0 Å². The van der Waals surface area contributed by atoms with E-state index in [-0.39, 0.29) is 11.7 Å². The summed E-state index contributed by atoms with van der Waals surface area (Å²) >= 11 is 2.64. The molecule has 1 amide bonds. The van der Waals surface area contributed by atoms with E-state index in [1.165, 1.54) is 47.4 Å². The molecule has 2 fully saturated rings. The maximum Gasteiger partial charge on any atom is 0.573 e. The third-order valence-electron chi connectivity index (χ3n) is 5.12. The second kappa shape index (κ2) is 9.63. The molecule has 1 aromatic carbocycles. The summed E-state index contributed by atoms with van der Waals surface area (Å²) in [6.07, 6.45) is -0.810. The van der Waals surface area contributed by atoms with Crippen molar-refractivity contribution < 1.29 is 22.7 Å². The normalized spacial score (nSPS) is 20.8. The van der Waals surface area contributed by atoms with Crippen molar-refractivity contribution in [2.24, 2.45) is 10.9 Å². The standard InChI is InChI=1S/C21H21F3N4O2S2/c1-28-8-6-13(7-9-28)11-25-20-27-18(29)17(32-20)10-15-12-31-19(26-15)14-2-4-16(5-3-14)30-21(22,23)24/h2-5,10,12-13H,6-9,11H2,1H3,(H,25,27,29)/b17-10-. The Morgan fingerprint density at radius 2 is 2.00 bits per heavy atom. The van der Waals surface area contributed by atoms with Gasteiger partial charge in [-0.25, -0.2) is 4.98 Å². The van der Waals surface area contributed by atoms with Crippen molar-refractivity contribution >= 4 is 40.2 Å². The number of alkyl halides is 3. The van der Waals surface area contributed by atoms with Crippen molar-refractivity contribution in [2.45, 2.75) is 19.2 Å². The van der Waals surface area contributed by atoms with Crippen molar-refractivity contribution in [2.75, 3.05) is 26.7 Å². The number of benzene rings is 1. The number of nitrogens with one attached hydrogen (secondary N) is 1. The first kappa shape index (κ1) is 22.8. The molecule has 2 aliphatic heterocycles. The second-order valence-electron chi connectivity index (χ2n) is 7.61. The average molecular weight is 483 g/mol. The highest BCUT2D eigenvalue weighted by molar-refractivity contribution is 8.18. The van der Waals surface area contributed by atoms with Crippen molar-refractivity contribution in [1.29, 1.82) is 0 Å². The fourth-order valence-corrected chi connectivity index (χ4v) is 4.97. The van der Waals surface area contributed by atoms with E-state index in [0.29, 0.717) is 38.8 Å². The number of thioether (sulfide) groups is 1. The minimum absolute atomic E-state index is 0.208. The zero-order valence-corrected chi connectivity index (χ0v) is 18.8. The Hall–Kier alpha value is -2.37. The lowest BCUT2D eigenvalue weighted by Gasteiger charge is -2.27. The molecular weight excluding hydrogens is 461 g/mol. The Morgan fingerprint density at radius 3 is 2.69 bits per heavy atom. The Morgan fingerprint density at radius 1 is 1.28 bits per heavy atom. The molecule has 0 unspecified atom stereocenters. The van der Waals surface area contributed by atoms with E-state index < -0.39 is 6.36 Å². The number of thiazole rings is 1. The van der Waals surface area contributed by atoms with Gasteiger partial charge in [-0.15, -0.1) is 24.5 Å². The molecule has 0 atom stereocenters. The third kappa shape index (κ3) is 6.11. The Labute approximate surface area is 191 Å². The van der Waals surface area contributed by atoms with Gasteiger partial charge in [0, 0.05) is 17.5 Å². The molecule has 2 aromatic rings. The van der Waals surface area contributed by atoms with Crippen molar-refractivity contribution in [3.05, 3.63) is 40.2 Å². The van der Waals surface area contributed by atoms with E-state index in [4.69, 9.17) is 0 Å². The van der Waals surface area contributed by atoms with Crippen LogP contribution in [-0.4, -0.2) is 54.0 Å². The van der Waals surface area contributed by atoms with Gasteiger partial charge in [0.2, 0.25) is 0 Å². The van der Waals surface area contributed by atoms with Crippen LogP contribution in [0.5, 0.6) is 5.75 Å². The highest BCUT2D eigenvalue weighted by Crippen LogP contribution is 2.31. The molecule has 1 N–H and O–H groups in total. The molecular formula is C21H21F3N4O2S2. The zero-order chi connectivity index (χ0) is 22.7. The van der Waals surface area contributed by atoms with Crippen LogP contribution >= 0.6 is 23.1 Å². The minimum atomic E-state index is -4.73. The van der Waals surface area contributed by atoms with Crippen molar-refractivity contribution in [3.8, 4) is 16.3 Å². The number of amidine groups is 1. The molecule has 3 heterocycles. The van der Waals surface area contributed by atoms with Gasteiger partial charge in [-0.2, -0.15) is 0 Å². The molecule has 0 aliphatic carbocycles. The molecule has 0 saturated carbocycles. The summed E-state index contributed by atoms with van der Waals surface area (Å²) in [5.74, 6) is 0.0461. The van der Waals surface area contributed by atoms with Gasteiger partial charge in [0.15, 0.2) is 5.17 Å². The summed E-state index contributed by atoms with van der Waals surface area (Å²) in [5, 5.41) is 5.84. The van der Waals surface area contributed by atoms with Crippen LogP contribution in [0.4, 0.5) is 13.2 Å². The molecule has 2 saturated heterocycles. The summed E-state index contributed by atoms with van der Waals surface area (Å²) in [4.78, 5) is 24.2. The summed E-state index contributed by atoms with van der Waals surface area (Å²) < 4.78 is 40.8. The predicted octanol–water partition coefficient (Wildman–Crippen LogP) is 4.61. The molecule has 6 nitrogen and oxygen atoms in total. The number of carbonyl (C=O) groups is 1. The number of aromatic nitrogens is 1. The van der Waals surface area contributed by atoms with E-state index in [9.17, 15) is 18.0 Å². The van der Waals surface area contributed by atoms with Gasteiger partial charge >= 0.3 is 6.36 Å². The lowest BCUT2D eigenvalue weighted by Crippen LogP contribution is -2.31. The van der Waals surface area contributed by atoms with E-state index in [2.05, 4.69) is 32.0 Å². The first-order chi connectivity index (χ1) is 15.2. The first-order valence-corrected chi connectivity index (χ1v) is 11.7. The lowest BCUT2D eigenvalue weighted by molar-refractivity contribution is -0.274. The van der Waals surface area contributed by atoms with Gasteiger partial charge in [-0.05, 0) is 81.0 Å². The van der Waals surface area contributed by atoms with Crippen molar-refractivity contribution in [1.82, 2.24) is 15.2 Å². The number of amides is 1. The van der Waals surface area contributed by atoms with Crippen LogP contribution in [0.3, 0.4) is 0 Å². The Bertz CT molecular complexity index is 1030. The second-order valence-corrected chi connectivity index (χ2v) is 9.50. The number of nitrogens with zero attached hydrogens (tertiary/aromatic N) is 3. The number of hydrogen-bond donors (Lipinski definition) is 1. The molecule has 170 valence electrons. The fourth-order valence-electron chi connectivity index (χ4n) is 3.38.